The summed E-state index contributed by atoms with van der Waals surface area (Å²) in [5, 5.41) is 6.38. The van der Waals surface area contributed by atoms with Gasteiger partial charge in [0, 0.05) is 19.6 Å². The van der Waals surface area contributed by atoms with Crippen LogP contribution in [0.2, 0.25) is 0 Å². The molecule has 1 aliphatic heterocycles. The first-order chi connectivity index (χ1) is 14.1. The van der Waals surface area contributed by atoms with Crippen molar-refractivity contribution < 1.29 is 14.0 Å². The van der Waals surface area contributed by atoms with Crippen LogP contribution in [0, 0.1) is 29.5 Å². The van der Waals surface area contributed by atoms with Gasteiger partial charge in [-0.2, -0.15) is 0 Å². The lowest BCUT2D eigenvalue weighted by atomic mass is 9.85. The Morgan fingerprint density at radius 1 is 1.17 bits per heavy atom. The maximum Gasteiger partial charge on any atom is 0.233 e. The first-order valence-electron chi connectivity index (χ1n) is 10.4. The number of benzene rings is 1. The molecule has 154 valence electrons. The lowest BCUT2D eigenvalue weighted by Gasteiger charge is -2.18. The summed E-state index contributed by atoms with van der Waals surface area (Å²) in [7, 11) is 0. The third kappa shape index (κ3) is 3.91. The van der Waals surface area contributed by atoms with Gasteiger partial charge in [0.25, 0.3) is 0 Å². The summed E-state index contributed by atoms with van der Waals surface area (Å²) in [5.41, 5.74) is 0.797. The van der Waals surface area contributed by atoms with Crippen LogP contribution in [-0.2, 0) is 16.1 Å². The van der Waals surface area contributed by atoms with Gasteiger partial charge in [0.1, 0.15) is 5.82 Å². The number of nitrogens with one attached hydrogen (secondary N) is 2. The molecule has 3 aliphatic rings. The molecule has 0 aromatic heterocycles. The average Bonchev–Trinajstić information content (AvgIpc) is 3.38. The van der Waals surface area contributed by atoms with E-state index in [2.05, 4.69) is 27.8 Å². The molecule has 1 saturated heterocycles. The number of allylic oxidation sites excluding steroid dienone is 2. The lowest BCUT2D eigenvalue weighted by Crippen LogP contribution is -2.40. The molecule has 2 N–H and O–H groups in total. The van der Waals surface area contributed by atoms with Crippen molar-refractivity contribution in [2.75, 3.05) is 19.6 Å². The van der Waals surface area contributed by atoms with Crippen LogP contribution in [-0.4, -0.2) is 42.3 Å². The zero-order valence-electron chi connectivity index (χ0n) is 16.6. The highest BCUT2D eigenvalue weighted by atomic mass is 19.1. The maximum atomic E-state index is 13.3. The van der Waals surface area contributed by atoms with Crippen molar-refractivity contribution in [3.8, 4) is 0 Å². The number of aliphatic imine (C=N–C) groups is 1. The molecule has 1 saturated carbocycles. The highest BCUT2D eigenvalue weighted by molar-refractivity contribution is 6.06. The number of fused-ring (bicyclic) bond motifs is 5. The van der Waals surface area contributed by atoms with Gasteiger partial charge < -0.3 is 10.6 Å². The molecule has 1 heterocycles. The number of nitrogens with zero attached hydrogens (tertiary/aromatic N) is 2. The Morgan fingerprint density at radius 3 is 2.55 bits per heavy atom. The molecule has 2 bridgehead atoms. The van der Waals surface area contributed by atoms with Gasteiger partial charge >= 0.3 is 0 Å². The predicted octanol–water partition coefficient (Wildman–Crippen LogP) is 2.08. The maximum absolute atomic E-state index is 13.3. The van der Waals surface area contributed by atoms with Crippen LogP contribution in [0.4, 0.5) is 4.39 Å². The molecule has 29 heavy (non-hydrogen) atoms. The minimum atomic E-state index is -0.274. The largest absolute Gasteiger partial charge is 0.357 e. The summed E-state index contributed by atoms with van der Waals surface area (Å²) in [6.07, 6.45) is 5.83. The number of likely N-dealkylation sites (tertiary alicyclic amines) is 1. The van der Waals surface area contributed by atoms with Crippen molar-refractivity contribution in [3.05, 3.63) is 47.8 Å². The van der Waals surface area contributed by atoms with Gasteiger partial charge in [-0.15, -0.1) is 0 Å². The number of hydrogen-bond donors (Lipinski definition) is 2. The van der Waals surface area contributed by atoms with E-state index in [0.717, 1.165) is 12.0 Å². The average molecular weight is 398 g/mol. The van der Waals surface area contributed by atoms with Gasteiger partial charge in [-0.05, 0) is 49.3 Å². The highest BCUT2D eigenvalue weighted by Crippen LogP contribution is 2.52. The smallest absolute Gasteiger partial charge is 0.233 e. The highest BCUT2D eigenvalue weighted by Gasteiger charge is 2.58. The zero-order valence-corrected chi connectivity index (χ0v) is 16.6. The minimum Gasteiger partial charge on any atom is -0.357 e. The van der Waals surface area contributed by atoms with Gasteiger partial charge in [0.15, 0.2) is 5.96 Å². The molecule has 0 radical (unpaired) electrons. The summed E-state index contributed by atoms with van der Waals surface area (Å²) in [6.45, 7) is 4.07. The minimum absolute atomic E-state index is 0.00327. The van der Waals surface area contributed by atoms with Crippen LogP contribution in [0.25, 0.3) is 0 Å². The summed E-state index contributed by atoms with van der Waals surface area (Å²) in [6, 6.07) is 6.38. The van der Waals surface area contributed by atoms with Crippen molar-refractivity contribution in [2.45, 2.75) is 26.3 Å². The number of imide groups is 1. The molecule has 4 rings (SSSR count). The molecule has 1 aromatic carbocycles. The topological polar surface area (TPSA) is 73.8 Å². The fourth-order valence-electron chi connectivity index (χ4n) is 4.78. The molecule has 7 heteroatoms. The van der Waals surface area contributed by atoms with Crippen LogP contribution >= 0.6 is 0 Å². The molecule has 2 fully saturated rings. The Morgan fingerprint density at radius 2 is 1.90 bits per heavy atom. The quantitative estimate of drug-likeness (QED) is 0.243. The van der Waals surface area contributed by atoms with E-state index >= 15 is 0 Å². The normalized spacial score (nSPS) is 27.7. The van der Waals surface area contributed by atoms with E-state index in [1.165, 1.54) is 17.0 Å². The van der Waals surface area contributed by atoms with Crippen molar-refractivity contribution in [2.24, 2.45) is 28.7 Å². The first kappa shape index (κ1) is 19.6. The third-order valence-corrected chi connectivity index (χ3v) is 6.07. The Hall–Kier alpha value is -2.70. The molecule has 2 aliphatic carbocycles. The van der Waals surface area contributed by atoms with Crippen molar-refractivity contribution in [1.82, 2.24) is 15.5 Å². The monoisotopic (exact) mass is 398 g/mol. The van der Waals surface area contributed by atoms with E-state index in [9.17, 15) is 14.0 Å². The predicted molar refractivity (Wildman–Crippen MR) is 108 cm³/mol. The van der Waals surface area contributed by atoms with Crippen LogP contribution in [0.1, 0.15) is 25.3 Å². The Kier molecular flexibility index (Phi) is 5.65. The number of hydrogen-bond acceptors (Lipinski definition) is 3. The Bertz CT molecular complexity index is 823. The standard InChI is InChI=1S/C22H27FN4O2/c1-2-24-22(26-13-14-5-3-6-17(23)11-14)25-9-4-10-27-20(28)18-15-7-8-16(12-15)19(18)21(27)29/h3,5-8,11,15-16,18-19H,2,4,9-10,12-13H2,1H3,(H2,24,25,26). The zero-order chi connectivity index (χ0) is 20.4. The van der Waals surface area contributed by atoms with E-state index in [0.29, 0.717) is 38.6 Å². The van der Waals surface area contributed by atoms with Gasteiger partial charge in [-0.25, -0.2) is 9.38 Å². The molecular formula is C22H27FN4O2. The second kappa shape index (κ2) is 8.35. The second-order valence-electron chi connectivity index (χ2n) is 7.93. The number of rotatable bonds is 7. The van der Waals surface area contributed by atoms with Gasteiger partial charge in [0.2, 0.25) is 11.8 Å². The van der Waals surface area contributed by atoms with E-state index in [-0.39, 0.29) is 41.3 Å². The number of halogens is 1. The first-order valence-corrected chi connectivity index (χ1v) is 10.4. The van der Waals surface area contributed by atoms with E-state index in [1.807, 2.05) is 13.0 Å². The summed E-state index contributed by atoms with van der Waals surface area (Å²) in [4.78, 5) is 31.3. The number of guanidine groups is 1. The molecule has 6 nitrogen and oxygen atoms in total. The van der Waals surface area contributed by atoms with Crippen LogP contribution in [0.3, 0.4) is 0 Å². The molecule has 4 unspecified atom stereocenters. The van der Waals surface area contributed by atoms with Gasteiger partial charge in [0.05, 0.1) is 18.4 Å². The lowest BCUT2D eigenvalue weighted by molar-refractivity contribution is -0.140. The van der Waals surface area contributed by atoms with Crippen molar-refractivity contribution in [3.63, 3.8) is 0 Å². The molecule has 2 amide bonds. The van der Waals surface area contributed by atoms with Crippen molar-refractivity contribution >= 4 is 17.8 Å². The van der Waals surface area contributed by atoms with Gasteiger partial charge in [-0.1, -0.05) is 24.3 Å². The Balaban J connectivity index is 1.27. The fourth-order valence-corrected chi connectivity index (χ4v) is 4.78. The summed E-state index contributed by atoms with van der Waals surface area (Å²) in [5.74, 6) is 0.608. The number of carbonyl (C=O) groups excluding carboxylic acids is 2. The van der Waals surface area contributed by atoms with Gasteiger partial charge in [-0.3, -0.25) is 14.5 Å². The molecular weight excluding hydrogens is 371 g/mol. The van der Waals surface area contributed by atoms with Crippen LogP contribution in [0.15, 0.2) is 41.4 Å². The van der Waals surface area contributed by atoms with E-state index in [4.69, 9.17) is 0 Å². The third-order valence-electron chi connectivity index (χ3n) is 6.07. The number of carbonyl (C=O) groups is 2. The van der Waals surface area contributed by atoms with Crippen LogP contribution in [0.5, 0.6) is 0 Å². The van der Waals surface area contributed by atoms with Crippen LogP contribution < -0.4 is 10.6 Å². The summed E-state index contributed by atoms with van der Waals surface area (Å²) < 4.78 is 13.3. The van der Waals surface area contributed by atoms with Crippen molar-refractivity contribution in [1.29, 1.82) is 0 Å². The SMILES string of the molecule is CCNC(=NCc1cccc(F)c1)NCCCN1C(=O)C2C3C=CC(C3)C2C1=O. The number of amides is 2. The fraction of sp³-hybridized carbons (Fsp3) is 0.500. The molecule has 0 spiro atoms. The van der Waals surface area contributed by atoms with E-state index in [1.54, 1.807) is 6.07 Å². The second-order valence-corrected chi connectivity index (χ2v) is 7.93. The Labute approximate surface area is 170 Å². The summed E-state index contributed by atoms with van der Waals surface area (Å²) >= 11 is 0. The van der Waals surface area contributed by atoms with E-state index < -0.39 is 0 Å². The molecule has 1 aromatic rings. The molecule has 4 atom stereocenters.